The van der Waals surface area contributed by atoms with Crippen LogP contribution < -0.4 is 5.32 Å². The summed E-state index contributed by atoms with van der Waals surface area (Å²) in [5.74, 6) is 0. The minimum Gasteiger partial charge on any atom is -0.353 e. The maximum atomic E-state index is 4.56. The molecule has 6 nitrogen and oxygen atoms in total. The molecule has 0 saturated carbocycles. The molecule has 34 heavy (non-hydrogen) atoms. The van der Waals surface area contributed by atoms with Crippen LogP contribution in [0.2, 0.25) is 0 Å². The maximum absolute atomic E-state index is 4.56. The average Bonchev–Trinajstić information content (AvgIpc) is 3.13. The first-order chi connectivity index (χ1) is 16.7. The van der Waals surface area contributed by atoms with Crippen molar-refractivity contribution in [3.05, 3.63) is 78.5 Å². The predicted octanol–water partition coefficient (Wildman–Crippen LogP) is 6.04. The van der Waals surface area contributed by atoms with Crippen LogP contribution in [0.15, 0.2) is 61.6 Å². The van der Waals surface area contributed by atoms with E-state index >= 15 is 0 Å². The standard InChI is InChI=1S/C28H32N6/c1-3-24-9-10-25(18-30-24)31-20(2)28-26-15-22(8-11-27(26)32-33-28)23-14-21(16-29-17-23)19-34-12-6-4-5-7-13-34/h8-11,14-18,31H,2-7,12-13,19H2,1H3,(H,32,33). The Morgan fingerprint density at radius 1 is 1.00 bits per heavy atom. The molecule has 5 rings (SSSR count). The Labute approximate surface area is 201 Å². The Hall–Kier alpha value is -3.51. The number of pyridine rings is 2. The van der Waals surface area contributed by atoms with Gasteiger partial charge in [0.1, 0.15) is 5.69 Å². The lowest BCUT2D eigenvalue weighted by molar-refractivity contribution is 0.277. The third kappa shape index (κ3) is 5.02. The van der Waals surface area contributed by atoms with Crippen LogP contribution in [0.3, 0.4) is 0 Å². The van der Waals surface area contributed by atoms with E-state index in [2.05, 4.69) is 68.2 Å². The minimum atomic E-state index is 0.738. The van der Waals surface area contributed by atoms with Gasteiger partial charge in [-0.3, -0.25) is 20.0 Å². The average molecular weight is 453 g/mol. The highest BCUT2D eigenvalue weighted by Crippen LogP contribution is 2.29. The number of fused-ring (bicyclic) bond motifs is 1. The van der Waals surface area contributed by atoms with Crippen LogP contribution in [0, 0.1) is 0 Å². The number of anilines is 1. The van der Waals surface area contributed by atoms with E-state index in [0.717, 1.165) is 57.8 Å². The number of nitrogens with zero attached hydrogens (tertiary/aromatic N) is 4. The van der Waals surface area contributed by atoms with Crippen molar-refractivity contribution in [2.24, 2.45) is 0 Å². The highest BCUT2D eigenvalue weighted by molar-refractivity contribution is 5.95. The predicted molar refractivity (Wildman–Crippen MR) is 139 cm³/mol. The third-order valence-electron chi connectivity index (χ3n) is 6.56. The monoisotopic (exact) mass is 452 g/mol. The van der Waals surface area contributed by atoms with Crippen molar-refractivity contribution in [3.8, 4) is 11.1 Å². The van der Waals surface area contributed by atoms with E-state index in [0.29, 0.717) is 0 Å². The van der Waals surface area contributed by atoms with Gasteiger partial charge in [-0.15, -0.1) is 0 Å². The molecule has 0 amide bonds. The van der Waals surface area contributed by atoms with Crippen LogP contribution >= 0.6 is 0 Å². The largest absolute Gasteiger partial charge is 0.353 e. The van der Waals surface area contributed by atoms with Crippen molar-refractivity contribution in [2.45, 2.75) is 45.6 Å². The van der Waals surface area contributed by atoms with Gasteiger partial charge in [0.2, 0.25) is 0 Å². The van der Waals surface area contributed by atoms with Gasteiger partial charge in [-0.1, -0.05) is 32.4 Å². The van der Waals surface area contributed by atoms with E-state index in [1.807, 2.05) is 30.7 Å². The highest BCUT2D eigenvalue weighted by Gasteiger charge is 2.13. The topological polar surface area (TPSA) is 69.7 Å². The lowest BCUT2D eigenvalue weighted by atomic mass is 10.0. The van der Waals surface area contributed by atoms with E-state index in [4.69, 9.17) is 0 Å². The molecule has 0 aliphatic carbocycles. The molecule has 4 heterocycles. The molecule has 174 valence electrons. The molecule has 0 spiro atoms. The van der Waals surface area contributed by atoms with Crippen LogP contribution in [0.25, 0.3) is 27.7 Å². The normalized spacial score (nSPS) is 14.7. The van der Waals surface area contributed by atoms with Crippen LogP contribution in [0.4, 0.5) is 5.69 Å². The summed E-state index contributed by atoms with van der Waals surface area (Å²) >= 11 is 0. The molecule has 0 radical (unpaired) electrons. The van der Waals surface area contributed by atoms with Gasteiger partial charge in [0.15, 0.2) is 0 Å². The first-order valence-electron chi connectivity index (χ1n) is 12.3. The molecule has 4 aromatic rings. The fourth-order valence-electron chi connectivity index (χ4n) is 4.65. The lowest BCUT2D eigenvalue weighted by Gasteiger charge is -2.19. The van der Waals surface area contributed by atoms with Gasteiger partial charge in [-0.05, 0) is 73.8 Å². The van der Waals surface area contributed by atoms with E-state index < -0.39 is 0 Å². The van der Waals surface area contributed by atoms with Crippen molar-refractivity contribution < 1.29 is 0 Å². The Balaban J connectivity index is 1.37. The summed E-state index contributed by atoms with van der Waals surface area (Å²) in [6.07, 6.45) is 12.0. The second-order valence-electron chi connectivity index (χ2n) is 9.10. The number of rotatable bonds is 7. The van der Waals surface area contributed by atoms with Crippen LogP contribution in [-0.2, 0) is 13.0 Å². The molecule has 3 aromatic heterocycles. The van der Waals surface area contributed by atoms with E-state index in [1.54, 1.807) is 0 Å². The molecule has 2 N–H and O–H groups in total. The molecule has 1 fully saturated rings. The number of aromatic amines is 1. The molecule has 0 atom stereocenters. The fraction of sp³-hybridized carbons (Fsp3) is 0.321. The SMILES string of the molecule is C=C(Nc1ccc(CC)nc1)c1n[nH]c2ccc(-c3cncc(CN4CCCCCC4)c3)cc12. The van der Waals surface area contributed by atoms with E-state index in [9.17, 15) is 0 Å². The number of hydrogen-bond donors (Lipinski definition) is 2. The smallest absolute Gasteiger partial charge is 0.116 e. The molecule has 6 heteroatoms. The molecule has 0 bridgehead atoms. The number of benzene rings is 1. The summed E-state index contributed by atoms with van der Waals surface area (Å²) in [6.45, 7) is 9.66. The van der Waals surface area contributed by atoms with Gasteiger partial charge < -0.3 is 5.32 Å². The summed E-state index contributed by atoms with van der Waals surface area (Å²) < 4.78 is 0. The van der Waals surface area contributed by atoms with Crippen molar-refractivity contribution in [3.63, 3.8) is 0 Å². The van der Waals surface area contributed by atoms with Crippen LogP contribution in [0.1, 0.15) is 49.6 Å². The summed E-state index contributed by atoms with van der Waals surface area (Å²) in [5.41, 5.74) is 8.02. The molecule has 0 unspecified atom stereocenters. The Morgan fingerprint density at radius 3 is 2.62 bits per heavy atom. The Kier molecular flexibility index (Phi) is 6.67. The van der Waals surface area contributed by atoms with Crippen molar-refractivity contribution in [1.82, 2.24) is 25.1 Å². The van der Waals surface area contributed by atoms with E-state index in [-0.39, 0.29) is 0 Å². The van der Waals surface area contributed by atoms with Gasteiger partial charge in [0.05, 0.1) is 23.1 Å². The van der Waals surface area contributed by atoms with Gasteiger partial charge in [-0.25, -0.2) is 0 Å². The summed E-state index contributed by atoms with van der Waals surface area (Å²) in [5, 5.41) is 12.1. The molecule has 1 aliphatic heterocycles. The molecule has 1 aliphatic rings. The summed E-state index contributed by atoms with van der Waals surface area (Å²) in [7, 11) is 0. The molecular weight excluding hydrogens is 420 g/mol. The zero-order valence-electron chi connectivity index (χ0n) is 19.8. The zero-order chi connectivity index (χ0) is 23.3. The first-order valence-corrected chi connectivity index (χ1v) is 12.3. The number of aromatic nitrogens is 4. The number of H-pyrrole nitrogens is 1. The molecular formula is C28H32N6. The maximum Gasteiger partial charge on any atom is 0.116 e. The summed E-state index contributed by atoms with van der Waals surface area (Å²) in [4.78, 5) is 11.6. The first kappa shape index (κ1) is 22.3. The van der Waals surface area contributed by atoms with E-state index in [1.165, 1.54) is 44.3 Å². The van der Waals surface area contributed by atoms with Gasteiger partial charge in [0.25, 0.3) is 0 Å². The number of likely N-dealkylation sites (tertiary alicyclic amines) is 1. The molecule has 1 saturated heterocycles. The summed E-state index contributed by atoms with van der Waals surface area (Å²) in [6, 6.07) is 12.7. The molecule has 1 aromatic carbocycles. The Bertz CT molecular complexity index is 1270. The van der Waals surface area contributed by atoms with Gasteiger partial charge in [-0.2, -0.15) is 5.10 Å². The minimum absolute atomic E-state index is 0.738. The highest BCUT2D eigenvalue weighted by atomic mass is 15.1. The lowest BCUT2D eigenvalue weighted by Crippen LogP contribution is -2.24. The number of aryl methyl sites for hydroxylation is 1. The quantitative estimate of drug-likeness (QED) is 0.358. The fourth-order valence-corrected chi connectivity index (χ4v) is 4.65. The van der Waals surface area contributed by atoms with Crippen molar-refractivity contribution in [1.29, 1.82) is 0 Å². The van der Waals surface area contributed by atoms with Crippen molar-refractivity contribution in [2.75, 3.05) is 18.4 Å². The van der Waals surface area contributed by atoms with Crippen LogP contribution in [0.5, 0.6) is 0 Å². The zero-order valence-corrected chi connectivity index (χ0v) is 19.8. The van der Waals surface area contributed by atoms with Crippen molar-refractivity contribution >= 4 is 22.3 Å². The number of hydrogen-bond acceptors (Lipinski definition) is 5. The van der Waals surface area contributed by atoms with Gasteiger partial charge in [0, 0.05) is 35.6 Å². The van der Waals surface area contributed by atoms with Gasteiger partial charge >= 0.3 is 0 Å². The third-order valence-corrected chi connectivity index (χ3v) is 6.56. The van der Waals surface area contributed by atoms with Crippen LogP contribution in [-0.4, -0.2) is 38.2 Å². The Morgan fingerprint density at radius 2 is 1.85 bits per heavy atom. The number of nitrogens with one attached hydrogen (secondary N) is 2. The second-order valence-corrected chi connectivity index (χ2v) is 9.10. The second kappa shape index (κ2) is 10.2.